The van der Waals surface area contributed by atoms with Gasteiger partial charge < -0.3 is 10.1 Å². The normalized spacial score (nSPS) is 20.8. The molecule has 0 aromatic heterocycles. The summed E-state index contributed by atoms with van der Waals surface area (Å²) in [5, 5.41) is 12.1. The number of hydrogen-bond donors (Lipinski definition) is 2. The van der Waals surface area contributed by atoms with Gasteiger partial charge in [-0.05, 0) is 49.3 Å². The average molecular weight is 435 g/mol. The molecule has 0 saturated heterocycles. The van der Waals surface area contributed by atoms with E-state index in [9.17, 15) is 4.79 Å². The van der Waals surface area contributed by atoms with Crippen LogP contribution in [0.5, 0.6) is 5.75 Å². The first kappa shape index (κ1) is 23.3. The van der Waals surface area contributed by atoms with Crippen LogP contribution in [0.4, 0.5) is 0 Å². The van der Waals surface area contributed by atoms with Gasteiger partial charge in [-0.25, -0.2) is 0 Å². The highest BCUT2D eigenvalue weighted by Crippen LogP contribution is 2.42. The SMILES string of the molecule is CONC(CC1CCC(CNC(=O)c2ccccc2OC)(c2ccccc2)CC1)=NC#N. The van der Waals surface area contributed by atoms with Crippen LogP contribution >= 0.6 is 0 Å². The molecule has 3 rings (SSSR count). The second-order valence-corrected chi connectivity index (χ2v) is 8.14. The summed E-state index contributed by atoms with van der Waals surface area (Å²) in [5.74, 6) is 1.38. The summed E-state index contributed by atoms with van der Waals surface area (Å²) < 4.78 is 5.35. The van der Waals surface area contributed by atoms with E-state index < -0.39 is 0 Å². The van der Waals surface area contributed by atoms with Crippen LogP contribution in [-0.4, -0.2) is 32.5 Å². The zero-order chi connectivity index (χ0) is 22.8. The van der Waals surface area contributed by atoms with Crippen LogP contribution in [0, 0.1) is 17.4 Å². The molecule has 168 valence electrons. The first-order valence-corrected chi connectivity index (χ1v) is 10.8. The third kappa shape index (κ3) is 5.65. The van der Waals surface area contributed by atoms with Gasteiger partial charge in [-0.2, -0.15) is 10.3 Å². The highest BCUT2D eigenvalue weighted by atomic mass is 16.6. The van der Waals surface area contributed by atoms with Gasteiger partial charge in [0, 0.05) is 18.4 Å². The minimum atomic E-state index is -0.142. The van der Waals surface area contributed by atoms with Crippen LogP contribution in [0.15, 0.2) is 59.6 Å². The van der Waals surface area contributed by atoms with Crippen LogP contribution in [0.25, 0.3) is 0 Å². The van der Waals surface area contributed by atoms with E-state index in [0.717, 1.165) is 25.7 Å². The zero-order valence-corrected chi connectivity index (χ0v) is 18.6. The molecule has 1 amide bonds. The van der Waals surface area contributed by atoms with Crippen molar-refractivity contribution in [3.05, 3.63) is 65.7 Å². The van der Waals surface area contributed by atoms with E-state index in [4.69, 9.17) is 14.8 Å². The van der Waals surface area contributed by atoms with Crippen molar-refractivity contribution >= 4 is 11.7 Å². The van der Waals surface area contributed by atoms with Gasteiger partial charge in [0.1, 0.15) is 11.6 Å². The average Bonchev–Trinajstić information content (AvgIpc) is 2.84. The van der Waals surface area contributed by atoms with Gasteiger partial charge in [0.2, 0.25) is 6.19 Å². The van der Waals surface area contributed by atoms with Gasteiger partial charge in [0.25, 0.3) is 5.91 Å². The Kier molecular flexibility index (Phi) is 8.23. The van der Waals surface area contributed by atoms with E-state index in [1.54, 1.807) is 19.2 Å². The maximum absolute atomic E-state index is 12.9. The molecule has 7 nitrogen and oxygen atoms in total. The lowest BCUT2D eigenvalue weighted by atomic mass is 9.66. The van der Waals surface area contributed by atoms with Crippen molar-refractivity contribution in [1.29, 1.82) is 5.26 Å². The lowest BCUT2D eigenvalue weighted by molar-refractivity contribution is 0.0929. The van der Waals surface area contributed by atoms with Crippen LogP contribution in [0.2, 0.25) is 0 Å². The van der Waals surface area contributed by atoms with Crippen molar-refractivity contribution < 1.29 is 14.4 Å². The molecule has 0 atom stereocenters. The largest absolute Gasteiger partial charge is 0.496 e. The number of nitriles is 1. The van der Waals surface area contributed by atoms with E-state index in [1.807, 2.05) is 36.5 Å². The Balaban J connectivity index is 1.73. The van der Waals surface area contributed by atoms with Crippen molar-refractivity contribution in [2.24, 2.45) is 10.9 Å². The maximum atomic E-state index is 12.9. The molecule has 2 aromatic carbocycles. The van der Waals surface area contributed by atoms with Gasteiger partial charge in [-0.15, -0.1) is 0 Å². The second-order valence-electron chi connectivity index (χ2n) is 8.14. The quantitative estimate of drug-likeness (QED) is 0.284. The van der Waals surface area contributed by atoms with Gasteiger partial charge in [-0.3, -0.25) is 15.1 Å². The molecule has 0 heterocycles. The van der Waals surface area contributed by atoms with E-state index >= 15 is 0 Å². The number of amides is 1. The minimum absolute atomic E-state index is 0.132. The predicted molar refractivity (Wildman–Crippen MR) is 123 cm³/mol. The summed E-state index contributed by atoms with van der Waals surface area (Å²) in [6.07, 6.45) is 6.29. The van der Waals surface area contributed by atoms with Crippen molar-refractivity contribution in [2.45, 2.75) is 37.5 Å². The van der Waals surface area contributed by atoms with Gasteiger partial charge >= 0.3 is 0 Å². The van der Waals surface area contributed by atoms with Crippen LogP contribution in [-0.2, 0) is 10.3 Å². The molecule has 32 heavy (non-hydrogen) atoms. The molecule has 1 aliphatic carbocycles. The predicted octanol–water partition coefficient (Wildman–Crippen LogP) is 3.97. The number of hydrogen-bond acceptors (Lipinski definition) is 5. The number of aliphatic imine (C=N–C) groups is 1. The molecule has 2 N–H and O–H groups in total. The first-order valence-electron chi connectivity index (χ1n) is 10.8. The summed E-state index contributed by atoms with van der Waals surface area (Å²) in [6.45, 7) is 0.552. The van der Waals surface area contributed by atoms with Crippen LogP contribution in [0.1, 0.15) is 48.0 Å². The van der Waals surface area contributed by atoms with E-state index in [-0.39, 0.29) is 11.3 Å². The van der Waals surface area contributed by atoms with E-state index in [1.165, 1.54) is 12.7 Å². The number of nitrogens with zero attached hydrogens (tertiary/aromatic N) is 2. The lowest BCUT2D eigenvalue weighted by Gasteiger charge is -2.41. The molecule has 1 aliphatic rings. The highest BCUT2D eigenvalue weighted by molar-refractivity contribution is 5.97. The minimum Gasteiger partial charge on any atom is -0.496 e. The third-order valence-electron chi connectivity index (χ3n) is 6.27. The number of ether oxygens (including phenoxy) is 1. The molecule has 1 fully saturated rings. The Hall–Kier alpha value is -3.37. The first-order chi connectivity index (χ1) is 15.6. The summed E-state index contributed by atoms with van der Waals surface area (Å²) in [5.41, 5.74) is 4.34. The topological polar surface area (TPSA) is 95.7 Å². The number of amidine groups is 1. The number of methoxy groups -OCH3 is 1. The molecular formula is C25H30N4O3. The number of benzene rings is 2. The molecule has 2 aromatic rings. The molecule has 7 heteroatoms. The second kappa shape index (κ2) is 11.3. The fourth-order valence-corrected chi connectivity index (χ4v) is 4.53. The van der Waals surface area contributed by atoms with Crippen molar-refractivity contribution in [3.63, 3.8) is 0 Å². The van der Waals surface area contributed by atoms with Crippen LogP contribution in [0.3, 0.4) is 0 Å². The molecule has 0 bridgehead atoms. The Bertz CT molecular complexity index is 961. The standard InChI is InChI=1S/C25H30N4O3/c1-31-22-11-7-6-10-21(22)24(30)27-17-25(20-8-4-3-5-9-20)14-12-19(13-15-25)16-23(28-18-26)29-32-2/h3-11,19H,12-17H2,1-2H3,(H,27,30)(H,28,29). The molecular weight excluding hydrogens is 404 g/mol. The van der Waals surface area contributed by atoms with Crippen molar-refractivity contribution in [3.8, 4) is 11.9 Å². The molecule has 0 unspecified atom stereocenters. The molecule has 0 spiro atoms. The van der Waals surface area contributed by atoms with Crippen molar-refractivity contribution in [2.75, 3.05) is 20.8 Å². The Morgan fingerprint density at radius 1 is 1.12 bits per heavy atom. The number of carbonyl (C=O) groups is 1. The monoisotopic (exact) mass is 434 g/mol. The molecule has 0 aliphatic heterocycles. The summed E-state index contributed by atoms with van der Waals surface area (Å²) in [4.78, 5) is 21.7. The molecule has 1 saturated carbocycles. The fourth-order valence-electron chi connectivity index (χ4n) is 4.53. The third-order valence-corrected chi connectivity index (χ3v) is 6.27. The summed E-state index contributed by atoms with van der Waals surface area (Å²) in [6, 6.07) is 17.7. The number of hydroxylamine groups is 1. The van der Waals surface area contributed by atoms with Crippen molar-refractivity contribution in [1.82, 2.24) is 10.8 Å². The number of rotatable bonds is 8. The van der Waals surface area contributed by atoms with Gasteiger partial charge in [0.15, 0.2) is 0 Å². The number of carbonyl (C=O) groups excluding carboxylic acids is 1. The molecule has 0 radical (unpaired) electrons. The smallest absolute Gasteiger partial charge is 0.255 e. The number of nitrogens with one attached hydrogen (secondary N) is 2. The highest BCUT2D eigenvalue weighted by Gasteiger charge is 2.37. The van der Waals surface area contributed by atoms with Gasteiger partial charge in [-0.1, -0.05) is 42.5 Å². The van der Waals surface area contributed by atoms with Gasteiger partial charge in [0.05, 0.1) is 19.8 Å². The maximum Gasteiger partial charge on any atom is 0.255 e. The number of para-hydroxylation sites is 1. The lowest BCUT2D eigenvalue weighted by Crippen LogP contribution is -2.43. The zero-order valence-electron chi connectivity index (χ0n) is 18.6. The Labute approximate surface area is 189 Å². The van der Waals surface area contributed by atoms with E-state index in [0.29, 0.717) is 36.0 Å². The van der Waals surface area contributed by atoms with E-state index in [2.05, 4.69) is 27.9 Å². The Morgan fingerprint density at radius 2 is 1.81 bits per heavy atom. The fraction of sp³-hybridized carbons (Fsp3) is 0.400. The van der Waals surface area contributed by atoms with Crippen LogP contribution < -0.4 is 15.5 Å². The summed E-state index contributed by atoms with van der Waals surface area (Å²) in [7, 11) is 3.08. The summed E-state index contributed by atoms with van der Waals surface area (Å²) >= 11 is 0. The Morgan fingerprint density at radius 3 is 2.47 bits per heavy atom.